The summed E-state index contributed by atoms with van der Waals surface area (Å²) in [4.78, 5) is 22.0. The van der Waals surface area contributed by atoms with E-state index in [0.29, 0.717) is 30.4 Å². The first kappa shape index (κ1) is 15.9. The van der Waals surface area contributed by atoms with E-state index in [-0.39, 0.29) is 5.91 Å². The highest BCUT2D eigenvalue weighted by Crippen LogP contribution is 2.23. The molecule has 0 bridgehead atoms. The number of nitrogens with zero attached hydrogens (tertiary/aromatic N) is 3. The molecule has 0 unspecified atom stereocenters. The molecule has 0 amide bonds. The summed E-state index contributed by atoms with van der Waals surface area (Å²) in [5.74, 6) is 0.750. The number of benzene rings is 2. The second-order valence-corrected chi connectivity index (χ2v) is 5.20. The van der Waals surface area contributed by atoms with Crippen LogP contribution in [0.2, 0.25) is 0 Å². The van der Waals surface area contributed by atoms with Crippen LogP contribution in [0.15, 0.2) is 59.6 Å². The van der Waals surface area contributed by atoms with Crippen LogP contribution in [0.3, 0.4) is 0 Å². The van der Waals surface area contributed by atoms with E-state index < -0.39 is 0 Å². The molecule has 1 heterocycles. The van der Waals surface area contributed by atoms with Crippen molar-refractivity contribution in [2.24, 2.45) is 4.99 Å². The fourth-order valence-corrected chi connectivity index (χ4v) is 2.49. The summed E-state index contributed by atoms with van der Waals surface area (Å²) in [6, 6.07) is 16.6. The van der Waals surface area contributed by atoms with Crippen molar-refractivity contribution in [3.05, 3.63) is 60.2 Å². The number of para-hydroxylation sites is 2. The smallest absolute Gasteiger partial charge is 0.265 e. The molecular weight excluding hydrogens is 302 g/mol. The van der Waals surface area contributed by atoms with Crippen molar-refractivity contribution >= 4 is 28.8 Å². The molecule has 3 aromatic rings. The minimum Gasteiger partial charge on any atom is -0.481 e. The summed E-state index contributed by atoms with van der Waals surface area (Å²) in [7, 11) is 0. The zero-order valence-electron chi connectivity index (χ0n) is 13.8. The van der Waals surface area contributed by atoms with Gasteiger partial charge in [-0.3, -0.25) is 4.79 Å². The van der Waals surface area contributed by atoms with Crippen molar-refractivity contribution in [1.29, 1.82) is 0 Å². The first-order valence-corrected chi connectivity index (χ1v) is 8.02. The molecular formula is C19H19N3O2. The van der Waals surface area contributed by atoms with Gasteiger partial charge in [0.15, 0.2) is 5.90 Å². The van der Waals surface area contributed by atoms with Crippen LogP contribution in [-0.2, 0) is 4.74 Å². The molecule has 1 aromatic heterocycles. The van der Waals surface area contributed by atoms with E-state index in [1.807, 2.05) is 56.3 Å². The van der Waals surface area contributed by atoms with Gasteiger partial charge in [-0.1, -0.05) is 37.3 Å². The maximum Gasteiger partial charge on any atom is 0.265 e. The number of rotatable bonds is 4. The monoisotopic (exact) mass is 321 g/mol. The Kier molecular flexibility index (Phi) is 4.70. The lowest BCUT2D eigenvalue weighted by Crippen LogP contribution is -2.12. The lowest BCUT2D eigenvalue weighted by atomic mass is 10.2. The van der Waals surface area contributed by atoms with Crippen LogP contribution >= 0.6 is 0 Å². The Bertz CT molecular complexity index is 882. The number of fused-ring (bicyclic) bond motifs is 1. The number of hydrogen-bond acceptors (Lipinski definition) is 4. The van der Waals surface area contributed by atoms with Gasteiger partial charge < -0.3 is 4.74 Å². The molecule has 0 saturated heterocycles. The Morgan fingerprint density at radius 3 is 2.50 bits per heavy atom. The van der Waals surface area contributed by atoms with E-state index in [4.69, 9.17) is 4.74 Å². The standard InChI is InChI=1S/C19H19N3O2/c1-3-17(24-4-2)21-19-20-15-12-8-9-13-16(15)22(19)18(23)14-10-6-5-7-11-14/h5-13H,3-4H2,1-2H3/b21-17+. The lowest BCUT2D eigenvalue weighted by Gasteiger charge is -2.07. The number of hydrogen-bond donors (Lipinski definition) is 0. The van der Waals surface area contributed by atoms with Crippen LogP contribution < -0.4 is 0 Å². The third-order valence-electron chi connectivity index (χ3n) is 3.61. The molecule has 122 valence electrons. The Morgan fingerprint density at radius 1 is 1.08 bits per heavy atom. The van der Waals surface area contributed by atoms with Crippen molar-refractivity contribution in [3.8, 4) is 0 Å². The van der Waals surface area contributed by atoms with Gasteiger partial charge >= 0.3 is 0 Å². The van der Waals surface area contributed by atoms with Gasteiger partial charge in [0.25, 0.3) is 5.91 Å². The van der Waals surface area contributed by atoms with E-state index in [0.717, 1.165) is 11.0 Å². The maximum absolute atomic E-state index is 13.0. The normalized spacial score (nSPS) is 11.7. The molecule has 0 aliphatic heterocycles. The SMILES string of the molecule is CCO/C(CC)=N/c1nc2ccccc2n1C(=O)c1ccccc1. The fourth-order valence-electron chi connectivity index (χ4n) is 2.49. The molecule has 0 N–H and O–H groups in total. The number of aromatic nitrogens is 2. The fraction of sp³-hybridized carbons (Fsp3) is 0.211. The molecule has 0 atom stereocenters. The second kappa shape index (κ2) is 7.08. The zero-order valence-corrected chi connectivity index (χ0v) is 13.8. The van der Waals surface area contributed by atoms with Gasteiger partial charge in [0, 0.05) is 12.0 Å². The molecule has 5 nitrogen and oxygen atoms in total. The molecule has 0 aliphatic rings. The predicted octanol–water partition coefficient (Wildman–Crippen LogP) is 4.20. The Hall–Kier alpha value is -2.95. The minimum atomic E-state index is -0.157. The Morgan fingerprint density at radius 2 is 1.79 bits per heavy atom. The van der Waals surface area contributed by atoms with Gasteiger partial charge in [-0.15, -0.1) is 0 Å². The number of imidazole rings is 1. The van der Waals surface area contributed by atoms with Crippen molar-refractivity contribution in [2.45, 2.75) is 20.3 Å². The van der Waals surface area contributed by atoms with Crippen molar-refractivity contribution in [3.63, 3.8) is 0 Å². The quantitative estimate of drug-likeness (QED) is 0.534. The largest absolute Gasteiger partial charge is 0.481 e. The molecule has 0 spiro atoms. The Balaban J connectivity index is 2.17. The van der Waals surface area contributed by atoms with E-state index in [2.05, 4.69) is 9.98 Å². The average molecular weight is 321 g/mol. The van der Waals surface area contributed by atoms with E-state index >= 15 is 0 Å². The van der Waals surface area contributed by atoms with E-state index in [9.17, 15) is 4.79 Å². The van der Waals surface area contributed by atoms with Crippen LogP contribution in [0.4, 0.5) is 5.95 Å². The van der Waals surface area contributed by atoms with Crippen LogP contribution in [0.1, 0.15) is 30.6 Å². The summed E-state index contributed by atoms with van der Waals surface area (Å²) in [6.45, 7) is 4.39. The number of ether oxygens (including phenoxy) is 1. The van der Waals surface area contributed by atoms with E-state index in [1.54, 1.807) is 16.7 Å². The highest BCUT2D eigenvalue weighted by molar-refractivity contribution is 6.03. The van der Waals surface area contributed by atoms with Crippen molar-refractivity contribution < 1.29 is 9.53 Å². The van der Waals surface area contributed by atoms with Crippen LogP contribution in [0, 0.1) is 0 Å². The molecule has 3 rings (SSSR count). The molecule has 24 heavy (non-hydrogen) atoms. The first-order chi connectivity index (χ1) is 11.7. The van der Waals surface area contributed by atoms with Crippen LogP contribution in [0.5, 0.6) is 0 Å². The highest BCUT2D eigenvalue weighted by Gasteiger charge is 2.18. The maximum atomic E-state index is 13.0. The summed E-state index contributed by atoms with van der Waals surface area (Å²) >= 11 is 0. The summed E-state index contributed by atoms with van der Waals surface area (Å²) in [6.07, 6.45) is 0.635. The predicted molar refractivity (Wildman–Crippen MR) is 94.9 cm³/mol. The molecule has 2 aromatic carbocycles. The van der Waals surface area contributed by atoms with E-state index in [1.165, 1.54) is 0 Å². The second-order valence-electron chi connectivity index (χ2n) is 5.20. The van der Waals surface area contributed by atoms with Crippen molar-refractivity contribution in [2.75, 3.05) is 6.61 Å². The lowest BCUT2D eigenvalue weighted by molar-refractivity contribution is 0.0966. The topological polar surface area (TPSA) is 56.5 Å². The van der Waals surface area contributed by atoms with Gasteiger partial charge in [-0.25, -0.2) is 9.55 Å². The number of aliphatic imine (C=N–C) groups is 1. The van der Waals surface area contributed by atoms with Crippen LogP contribution in [0.25, 0.3) is 11.0 Å². The Labute approximate surface area is 140 Å². The minimum absolute atomic E-state index is 0.157. The van der Waals surface area contributed by atoms with Crippen molar-refractivity contribution in [1.82, 2.24) is 9.55 Å². The third-order valence-corrected chi connectivity index (χ3v) is 3.61. The summed E-state index contributed by atoms with van der Waals surface area (Å²) in [5, 5.41) is 0. The zero-order chi connectivity index (χ0) is 16.9. The average Bonchev–Trinajstić information content (AvgIpc) is 2.99. The van der Waals surface area contributed by atoms with Gasteiger partial charge in [0.05, 0.1) is 17.6 Å². The van der Waals surface area contributed by atoms with Crippen LogP contribution in [-0.4, -0.2) is 28.0 Å². The first-order valence-electron chi connectivity index (χ1n) is 8.02. The van der Waals surface area contributed by atoms with Gasteiger partial charge in [-0.05, 0) is 31.2 Å². The molecule has 5 heteroatoms. The van der Waals surface area contributed by atoms with Gasteiger partial charge in [0.2, 0.25) is 5.95 Å². The molecule has 0 saturated carbocycles. The highest BCUT2D eigenvalue weighted by atomic mass is 16.5. The number of carbonyl (C=O) groups excluding carboxylic acids is 1. The number of carbonyl (C=O) groups is 1. The summed E-state index contributed by atoms with van der Waals surface area (Å²) < 4.78 is 7.06. The molecule has 0 aliphatic carbocycles. The summed E-state index contributed by atoms with van der Waals surface area (Å²) in [5.41, 5.74) is 2.05. The molecule has 0 radical (unpaired) electrons. The molecule has 0 fully saturated rings. The van der Waals surface area contributed by atoms with Gasteiger partial charge in [-0.2, -0.15) is 4.99 Å². The van der Waals surface area contributed by atoms with Gasteiger partial charge in [0.1, 0.15) is 0 Å². The third kappa shape index (κ3) is 3.06.